The molecule has 5 nitrogen and oxygen atoms in total. The molecule has 0 saturated carbocycles. The van der Waals surface area contributed by atoms with E-state index in [2.05, 4.69) is 0 Å². The summed E-state index contributed by atoms with van der Waals surface area (Å²) in [4.78, 5) is 29.2. The molecule has 0 aromatic heterocycles. The van der Waals surface area contributed by atoms with Crippen molar-refractivity contribution in [1.82, 2.24) is 9.80 Å². The van der Waals surface area contributed by atoms with Gasteiger partial charge in [0.1, 0.15) is 10.9 Å². The fourth-order valence-corrected chi connectivity index (χ4v) is 4.81. The Morgan fingerprint density at radius 1 is 1.37 bits per heavy atom. The Morgan fingerprint density at radius 2 is 2.15 bits per heavy atom. The molecule has 27 heavy (non-hydrogen) atoms. The average molecular weight is 425 g/mol. The molecule has 8 heteroatoms. The van der Waals surface area contributed by atoms with Gasteiger partial charge in [-0.2, -0.15) is 0 Å². The Kier molecular flexibility index (Phi) is 6.92. The fraction of sp³-hybridized carbons (Fsp3) is 0.421. The summed E-state index contributed by atoms with van der Waals surface area (Å²) in [5, 5.41) is 9.79. The monoisotopic (exact) mass is 424 g/mol. The Hall–Kier alpha value is -1.41. The summed E-state index contributed by atoms with van der Waals surface area (Å²) in [7, 11) is 0. The number of aliphatic hydroxyl groups is 1. The van der Waals surface area contributed by atoms with Gasteiger partial charge in [-0.05, 0) is 43.4 Å². The van der Waals surface area contributed by atoms with Crippen LogP contribution in [0.3, 0.4) is 0 Å². The zero-order valence-corrected chi connectivity index (χ0v) is 17.2. The number of rotatable bonds is 5. The molecule has 1 aromatic carbocycles. The zero-order valence-electron chi connectivity index (χ0n) is 14.8. The van der Waals surface area contributed by atoms with Crippen LogP contribution in [0.25, 0.3) is 6.08 Å². The minimum Gasteiger partial charge on any atom is -0.396 e. The second-order valence-corrected chi connectivity index (χ2v) is 8.62. The second kappa shape index (κ2) is 9.19. The van der Waals surface area contributed by atoms with Gasteiger partial charge in [0.05, 0.1) is 4.91 Å². The molecule has 2 heterocycles. The van der Waals surface area contributed by atoms with E-state index in [1.165, 1.54) is 16.7 Å². The van der Waals surface area contributed by atoms with Crippen LogP contribution < -0.4 is 0 Å². The van der Waals surface area contributed by atoms with E-state index in [0.717, 1.165) is 24.8 Å². The highest BCUT2D eigenvalue weighted by atomic mass is 35.5. The largest absolute Gasteiger partial charge is 0.396 e. The molecule has 0 bridgehead atoms. The SMILES string of the molecule is O=C1/C(=C/c2ccccc2Cl)SC(=S)N1CC(=O)N1CCCC[C@H]1CCO. The van der Waals surface area contributed by atoms with Crippen LogP contribution in [0.15, 0.2) is 29.2 Å². The van der Waals surface area contributed by atoms with E-state index in [0.29, 0.717) is 27.2 Å². The van der Waals surface area contributed by atoms with Gasteiger partial charge < -0.3 is 10.0 Å². The third-order valence-corrected chi connectivity index (χ3v) is 6.49. The number of thioether (sulfide) groups is 1. The van der Waals surface area contributed by atoms with Gasteiger partial charge in [0.25, 0.3) is 5.91 Å². The molecule has 0 radical (unpaired) electrons. The van der Waals surface area contributed by atoms with E-state index < -0.39 is 0 Å². The van der Waals surface area contributed by atoms with Crippen molar-refractivity contribution in [3.05, 3.63) is 39.8 Å². The smallest absolute Gasteiger partial charge is 0.266 e. The van der Waals surface area contributed by atoms with Crippen molar-refractivity contribution in [3.8, 4) is 0 Å². The fourth-order valence-electron chi connectivity index (χ4n) is 3.37. The van der Waals surface area contributed by atoms with Crippen LogP contribution in [0.4, 0.5) is 0 Å². The number of nitrogens with zero attached hydrogens (tertiary/aromatic N) is 2. The molecular formula is C19H21ClN2O3S2. The molecule has 1 N–H and O–H groups in total. The van der Waals surface area contributed by atoms with E-state index in [4.69, 9.17) is 23.8 Å². The van der Waals surface area contributed by atoms with Crippen LogP contribution in [0, 0.1) is 0 Å². The first kappa shape index (κ1) is 20.3. The molecule has 2 fully saturated rings. The van der Waals surface area contributed by atoms with Gasteiger partial charge in [-0.1, -0.05) is 53.8 Å². The highest BCUT2D eigenvalue weighted by Gasteiger charge is 2.36. The van der Waals surface area contributed by atoms with Crippen molar-refractivity contribution < 1.29 is 14.7 Å². The Balaban J connectivity index is 1.72. The predicted molar refractivity (Wildman–Crippen MR) is 112 cm³/mol. The molecule has 2 aliphatic heterocycles. The van der Waals surface area contributed by atoms with Crippen LogP contribution in [0.2, 0.25) is 5.02 Å². The molecule has 0 spiro atoms. The summed E-state index contributed by atoms with van der Waals surface area (Å²) in [6.45, 7) is 0.649. The van der Waals surface area contributed by atoms with E-state index in [1.807, 2.05) is 18.2 Å². The number of hydrogen-bond donors (Lipinski definition) is 1. The van der Waals surface area contributed by atoms with E-state index in [1.54, 1.807) is 17.0 Å². The maximum atomic E-state index is 12.8. The van der Waals surface area contributed by atoms with Gasteiger partial charge >= 0.3 is 0 Å². The van der Waals surface area contributed by atoms with Gasteiger partial charge in [0.15, 0.2) is 0 Å². The van der Waals surface area contributed by atoms with Crippen molar-refractivity contribution in [2.75, 3.05) is 19.7 Å². The third-order valence-electron chi connectivity index (χ3n) is 4.77. The van der Waals surface area contributed by atoms with Crippen molar-refractivity contribution in [1.29, 1.82) is 0 Å². The van der Waals surface area contributed by atoms with Crippen molar-refractivity contribution in [2.45, 2.75) is 31.7 Å². The number of thiocarbonyl (C=S) groups is 1. The van der Waals surface area contributed by atoms with Crippen LogP contribution in [0.1, 0.15) is 31.2 Å². The Labute approximate surface area is 173 Å². The summed E-state index contributed by atoms with van der Waals surface area (Å²) in [5.41, 5.74) is 0.741. The number of benzene rings is 1. The first-order chi connectivity index (χ1) is 13.0. The lowest BCUT2D eigenvalue weighted by Gasteiger charge is -2.36. The van der Waals surface area contributed by atoms with Gasteiger partial charge in [0, 0.05) is 24.2 Å². The highest BCUT2D eigenvalue weighted by Crippen LogP contribution is 2.34. The number of hydrogen-bond acceptors (Lipinski definition) is 5. The summed E-state index contributed by atoms with van der Waals surface area (Å²) in [6, 6.07) is 7.29. The number of piperidine rings is 1. The van der Waals surface area contributed by atoms with Crippen LogP contribution in [0.5, 0.6) is 0 Å². The zero-order chi connectivity index (χ0) is 19.4. The standard InChI is InChI=1S/C19H21ClN2O3S2/c20-15-7-2-1-5-13(15)11-16-18(25)22(19(26)27-16)12-17(24)21-9-4-3-6-14(21)8-10-23/h1-2,5,7,11,14,23H,3-4,6,8-10,12H2/b16-11-/t14-/m0/s1. The van der Waals surface area contributed by atoms with Gasteiger partial charge in [-0.25, -0.2) is 0 Å². The average Bonchev–Trinajstić information content (AvgIpc) is 2.92. The van der Waals surface area contributed by atoms with E-state index in [9.17, 15) is 14.7 Å². The van der Waals surface area contributed by atoms with Crippen molar-refractivity contribution in [3.63, 3.8) is 0 Å². The van der Waals surface area contributed by atoms with Gasteiger partial charge in [-0.3, -0.25) is 14.5 Å². The molecule has 2 amide bonds. The first-order valence-corrected chi connectivity index (χ1v) is 10.5. The third kappa shape index (κ3) is 4.71. The Bertz CT molecular complexity index is 782. The number of amides is 2. The van der Waals surface area contributed by atoms with E-state index in [-0.39, 0.29) is 31.0 Å². The van der Waals surface area contributed by atoms with Crippen LogP contribution >= 0.6 is 35.6 Å². The molecule has 144 valence electrons. The number of carbonyl (C=O) groups is 2. The van der Waals surface area contributed by atoms with Crippen molar-refractivity contribution in [2.24, 2.45) is 0 Å². The van der Waals surface area contributed by atoms with Gasteiger partial charge in [-0.15, -0.1) is 0 Å². The summed E-state index contributed by atoms with van der Waals surface area (Å²) in [6.07, 6.45) is 5.16. The summed E-state index contributed by atoms with van der Waals surface area (Å²) in [5.74, 6) is -0.391. The minimum absolute atomic E-state index is 0.0355. The lowest BCUT2D eigenvalue weighted by atomic mass is 9.99. The molecule has 3 rings (SSSR count). The van der Waals surface area contributed by atoms with Crippen molar-refractivity contribution >= 4 is 57.8 Å². The van der Waals surface area contributed by atoms with Gasteiger partial charge in [0.2, 0.25) is 5.91 Å². The molecule has 1 atom stereocenters. The number of likely N-dealkylation sites (tertiary alicyclic amines) is 1. The molecule has 2 aliphatic rings. The van der Waals surface area contributed by atoms with Crippen LogP contribution in [-0.4, -0.2) is 56.8 Å². The molecule has 2 saturated heterocycles. The maximum Gasteiger partial charge on any atom is 0.266 e. The number of aliphatic hydroxyl groups excluding tert-OH is 1. The number of halogens is 1. The highest BCUT2D eigenvalue weighted by molar-refractivity contribution is 8.26. The first-order valence-electron chi connectivity index (χ1n) is 8.91. The molecule has 0 aliphatic carbocycles. The minimum atomic E-state index is -0.269. The lowest BCUT2D eigenvalue weighted by Crippen LogP contribution is -2.49. The summed E-state index contributed by atoms with van der Waals surface area (Å²) < 4.78 is 0.377. The molecule has 0 unspecified atom stereocenters. The summed E-state index contributed by atoms with van der Waals surface area (Å²) >= 11 is 12.7. The molecule has 1 aromatic rings. The Morgan fingerprint density at radius 3 is 2.89 bits per heavy atom. The number of carbonyl (C=O) groups excluding carboxylic acids is 2. The quantitative estimate of drug-likeness (QED) is 0.580. The second-order valence-electron chi connectivity index (χ2n) is 6.54. The normalized spacial score (nSPS) is 22.0. The van der Waals surface area contributed by atoms with E-state index >= 15 is 0 Å². The topological polar surface area (TPSA) is 60.9 Å². The predicted octanol–water partition coefficient (Wildman–Crippen LogP) is 3.30. The van der Waals surface area contributed by atoms with Crippen LogP contribution in [-0.2, 0) is 9.59 Å². The lowest BCUT2D eigenvalue weighted by molar-refractivity contribution is -0.138. The molecular weight excluding hydrogens is 404 g/mol. The maximum absolute atomic E-state index is 12.8.